The summed E-state index contributed by atoms with van der Waals surface area (Å²) in [5.74, 6) is 2.90. The molecule has 4 N–H and O–H groups in total. The molecule has 0 aromatic rings. The van der Waals surface area contributed by atoms with Crippen LogP contribution >= 0.6 is 28.5 Å². The molecule has 1 heterocycles. The summed E-state index contributed by atoms with van der Waals surface area (Å²) in [6.07, 6.45) is 3.39. The van der Waals surface area contributed by atoms with Crippen LogP contribution in [0.3, 0.4) is 0 Å². The summed E-state index contributed by atoms with van der Waals surface area (Å²) in [5.41, 5.74) is 0. The van der Waals surface area contributed by atoms with Gasteiger partial charge in [0, 0.05) is 6.42 Å². The van der Waals surface area contributed by atoms with Gasteiger partial charge >= 0.3 is 0 Å². The fraction of sp³-hybridized carbons (Fsp3) is 1.00. The van der Waals surface area contributed by atoms with Gasteiger partial charge < -0.3 is 15.6 Å². The number of hydrogen-bond donors (Lipinski definition) is 2. The summed E-state index contributed by atoms with van der Waals surface area (Å²) in [6, 6.07) is 0. The van der Waals surface area contributed by atoms with E-state index >= 15 is 0 Å². The van der Waals surface area contributed by atoms with Gasteiger partial charge in [0.2, 0.25) is 7.66 Å². The summed E-state index contributed by atoms with van der Waals surface area (Å²) in [6.45, 7) is 13.6. The lowest BCUT2D eigenvalue weighted by Crippen LogP contribution is -2.34. The molecule has 0 radical (unpaired) electrons. The van der Waals surface area contributed by atoms with E-state index in [4.69, 9.17) is 14.0 Å². The zero-order valence-electron chi connectivity index (χ0n) is 15.2. The van der Waals surface area contributed by atoms with Crippen molar-refractivity contribution in [2.45, 2.75) is 78.8 Å². The maximum Gasteiger partial charge on any atom is 0.223 e. The summed E-state index contributed by atoms with van der Waals surface area (Å²) in [7, 11) is 0.669. The molecule has 1 aliphatic rings. The molecule has 0 saturated carbocycles. The molecule has 1 rings (SSSR count). The highest BCUT2D eigenvalue weighted by molar-refractivity contribution is 8.33. The van der Waals surface area contributed by atoms with Crippen LogP contribution in [0.2, 0.25) is 0 Å². The molecule has 134 valence electrons. The average Bonchev–Trinajstić information content (AvgIpc) is 2.25. The van der Waals surface area contributed by atoms with Gasteiger partial charge in [0.05, 0.1) is 11.7 Å². The Balaban J connectivity index is 0. The van der Waals surface area contributed by atoms with E-state index < -0.39 is 0 Å². The second-order valence-corrected chi connectivity index (χ2v) is 9.09. The van der Waals surface area contributed by atoms with E-state index in [2.05, 4.69) is 53.8 Å². The Hall–Kier alpha value is 0.760. The fourth-order valence-corrected chi connectivity index (χ4v) is 4.37. The average molecular weight is 372 g/mol. The molecule has 2 atom stereocenters. The van der Waals surface area contributed by atoms with E-state index in [9.17, 15) is 0 Å². The zero-order chi connectivity index (χ0) is 16.4. The predicted molar refractivity (Wildman–Crippen MR) is 103 cm³/mol. The second kappa shape index (κ2) is 14.1. The molecule has 0 aliphatic carbocycles. The zero-order valence-corrected chi connectivity index (χ0v) is 18.0. The smallest absolute Gasteiger partial charge is 0.223 e. The molecule has 7 heteroatoms. The van der Waals surface area contributed by atoms with Gasteiger partial charge in [-0.25, -0.2) is 0 Å². The van der Waals surface area contributed by atoms with Gasteiger partial charge in [-0.05, 0) is 30.6 Å². The maximum absolute atomic E-state index is 8.77. The van der Waals surface area contributed by atoms with Crippen molar-refractivity contribution < 1.29 is 14.0 Å². The molecule has 1 fully saturated rings. The van der Waals surface area contributed by atoms with Crippen molar-refractivity contribution in [3.63, 3.8) is 0 Å². The Labute approximate surface area is 145 Å². The molecule has 4 nitrogen and oxygen atoms in total. The highest BCUT2D eigenvalue weighted by Gasteiger charge is 2.30. The Morgan fingerprint density at radius 2 is 1.23 bits per heavy atom. The predicted octanol–water partition coefficient (Wildman–Crippen LogP) is 6.33. The van der Waals surface area contributed by atoms with Gasteiger partial charge in [-0.3, -0.25) is 4.57 Å². The number of ether oxygens (including phenoxy) is 2. The molecule has 0 aromatic heterocycles. The largest absolute Gasteiger partial charge is 0.369 e. The van der Waals surface area contributed by atoms with Gasteiger partial charge in [-0.15, -0.1) is 0 Å². The molecule has 0 aromatic carbocycles. The van der Waals surface area contributed by atoms with E-state index in [1.54, 1.807) is 0 Å². The Kier molecular flexibility index (Phi) is 16.1. The van der Waals surface area contributed by atoms with E-state index in [0.29, 0.717) is 29.4 Å². The van der Waals surface area contributed by atoms with Gasteiger partial charge in [0.25, 0.3) is 0 Å². The first-order valence-electron chi connectivity index (χ1n) is 7.82. The van der Waals surface area contributed by atoms with E-state index in [0.717, 1.165) is 15.0 Å². The molecule has 22 heavy (non-hydrogen) atoms. The number of quaternary nitrogens is 1. The molecule has 1 aliphatic heterocycles. The van der Waals surface area contributed by atoms with Gasteiger partial charge in [-0.2, -0.15) is 0 Å². The van der Waals surface area contributed by atoms with E-state index in [1.807, 2.05) is 0 Å². The Morgan fingerprint density at radius 1 is 0.909 bits per heavy atom. The lowest BCUT2D eigenvalue weighted by atomic mass is 10.1. The van der Waals surface area contributed by atoms with Crippen LogP contribution in [0.4, 0.5) is 0 Å². The monoisotopic (exact) mass is 372 g/mol. The summed E-state index contributed by atoms with van der Waals surface area (Å²) < 4.78 is 21.0. The van der Waals surface area contributed by atoms with Gasteiger partial charge in [0.1, 0.15) is 0 Å². The van der Waals surface area contributed by atoms with Crippen LogP contribution in [-0.2, 0) is 14.0 Å². The van der Waals surface area contributed by atoms with Crippen LogP contribution < -0.4 is 6.15 Å². The minimum absolute atomic E-state index is 0. The van der Waals surface area contributed by atoms with Gasteiger partial charge in [-0.1, -0.05) is 62.4 Å². The number of hydrogen-bond acceptors (Lipinski definition) is 3. The Bertz CT molecular complexity index is 237. The van der Waals surface area contributed by atoms with Crippen LogP contribution in [0.5, 0.6) is 0 Å². The van der Waals surface area contributed by atoms with Crippen LogP contribution in [0, 0.1) is 17.8 Å². The summed E-state index contributed by atoms with van der Waals surface area (Å²) in [5, 5.41) is 0. The number of rotatable bonds is 6. The van der Waals surface area contributed by atoms with Crippen molar-refractivity contribution in [3.05, 3.63) is 0 Å². The maximum atomic E-state index is 8.77. The molecular formula is C15H36NO3P2S+. The van der Waals surface area contributed by atoms with E-state index in [-0.39, 0.29) is 20.1 Å². The summed E-state index contributed by atoms with van der Waals surface area (Å²) >= 11 is 3.21. The Morgan fingerprint density at radius 3 is 1.50 bits per heavy atom. The first kappa shape index (κ1) is 25.0. The quantitative estimate of drug-likeness (QED) is 0.423. The van der Waals surface area contributed by atoms with Crippen LogP contribution in [-0.4, -0.2) is 18.0 Å². The van der Waals surface area contributed by atoms with Crippen molar-refractivity contribution in [2.24, 2.45) is 17.8 Å². The first-order chi connectivity index (χ1) is 9.78. The lowest BCUT2D eigenvalue weighted by molar-refractivity contribution is -0.187. The number of thiol groups is 1. The minimum atomic E-state index is -0.139. The third-order valence-electron chi connectivity index (χ3n) is 3.04. The highest BCUT2D eigenvalue weighted by atomic mass is 32.7. The SMILES string of the molecule is CC(C)CC1OC(CC(C)C)PC(CC(C)C)O1.O=PS.[NH4+]. The standard InChI is InChI=1S/C15H31O2P.H3N.HOPS/c1-10(2)7-13-16-14(8-11(3)4)18-15(17-13)9-12(5)6;;1-2-3/h10-15,18H,7-9H2,1-6H3;1H3;(H,1,3)/p+1. The molecule has 0 amide bonds. The minimum Gasteiger partial charge on any atom is -0.369 e. The van der Waals surface area contributed by atoms with Crippen molar-refractivity contribution in [1.29, 1.82) is 0 Å². The molecule has 0 bridgehead atoms. The van der Waals surface area contributed by atoms with Crippen LogP contribution in [0.25, 0.3) is 0 Å². The second-order valence-electron chi connectivity index (χ2n) is 6.82. The van der Waals surface area contributed by atoms with E-state index in [1.165, 1.54) is 12.8 Å². The van der Waals surface area contributed by atoms with Crippen LogP contribution in [0.15, 0.2) is 0 Å². The third kappa shape index (κ3) is 13.2. The lowest BCUT2D eigenvalue weighted by Gasteiger charge is -2.38. The topological polar surface area (TPSA) is 72.0 Å². The molecular weight excluding hydrogens is 336 g/mol. The molecule has 2 unspecified atom stereocenters. The third-order valence-corrected chi connectivity index (χ3v) is 4.53. The fourth-order valence-electron chi connectivity index (χ4n) is 2.28. The van der Waals surface area contributed by atoms with Crippen molar-refractivity contribution in [1.82, 2.24) is 6.15 Å². The summed E-state index contributed by atoms with van der Waals surface area (Å²) in [4.78, 5) is 0. The van der Waals surface area contributed by atoms with Crippen molar-refractivity contribution >= 4 is 28.5 Å². The molecule has 0 spiro atoms. The first-order valence-corrected chi connectivity index (χ1v) is 10.9. The van der Waals surface area contributed by atoms with Crippen molar-refractivity contribution in [3.8, 4) is 0 Å². The normalized spacial score (nSPS) is 26.2. The molecule has 1 saturated heterocycles. The van der Waals surface area contributed by atoms with Crippen molar-refractivity contribution in [2.75, 3.05) is 0 Å². The highest BCUT2D eigenvalue weighted by Crippen LogP contribution is 2.41. The van der Waals surface area contributed by atoms with Crippen LogP contribution in [0.1, 0.15) is 60.8 Å². The van der Waals surface area contributed by atoms with Gasteiger partial charge in [0.15, 0.2) is 6.29 Å².